The number of anilines is 3. The number of benzene rings is 1. The molecular weight excluding hydrogens is 426 g/mol. The van der Waals surface area contributed by atoms with Gasteiger partial charge >= 0.3 is 0 Å². The summed E-state index contributed by atoms with van der Waals surface area (Å²) in [5.74, 6) is 1.09. The Morgan fingerprint density at radius 3 is 2.71 bits per heavy atom. The highest BCUT2D eigenvalue weighted by atomic mass is 16.2. The van der Waals surface area contributed by atoms with Crippen LogP contribution < -0.4 is 16.0 Å². The SMILES string of the molecule is [CH]c1ccc(N(CCCN2CCCC2=O)c2cc(N[C@H]3CC[C@H](N)CC3)nn3ccnc23)cc1. The zero-order chi connectivity index (χ0) is 23.5. The first kappa shape index (κ1) is 22.7. The van der Waals surface area contributed by atoms with E-state index in [9.17, 15) is 4.79 Å². The first-order valence-electron chi connectivity index (χ1n) is 12.3. The highest BCUT2D eigenvalue weighted by molar-refractivity contribution is 5.79. The minimum atomic E-state index is 0.261. The Kier molecular flexibility index (Phi) is 6.67. The van der Waals surface area contributed by atoms with Gasteiger partial charge in [0, 0.05) is 62.3 Å². The minimum Gasteiger partial charge on any atom is -0.366 e. The molecule has 34 heavy (non-hydrogen) atoms. The lowest BCUT2D eigenvalue weighted by Crippen LogP contribution is -2.33. The van der Waals surface area contributed by atoms with E-state index in [1.165, 1.54) is 0 Å². The van der Waals surface area contributed by atoms with E-state index in [1.54, 1.807) is 6.20 Å². The number of aromatic nitrogens is 3. The summed E-state index contributed by atoms with van der Waals surface area (Å²) in [5, 5.41) is 8.40. The van der Waals surface area contributed by atoms with Crippen LogP contribution in [0.1, 0.15) is 50.5 Å². The Balaban J connectivity index is 1.43. The Hall–Kier alpha value is -3.13. The number of rotatable bonds is 8. The molecule has 8 nitrogen and oxygen atoms in total. The van der Waals surface area contributed by atoms with Crippen molar-refractivity contribution < 1.29 is 4.79 Å². The Morgan fingerprint density at radius 1 is 1.18 bits per heavy atom. The van der Waals surface area contributed by atoms with Crippen molar-refractivity contribution in [2.24, 2.45) is 5.73 Å². The van der Waals surface area contributed by atoms with Crippen LogP contribution in [0.25, 0.3) is 5.65 Å². The first-order chi connectivity index (χ1) is 16.6. The van der Waals surface area contributed by atoms with Crippen molar-refractivity contribution in [2.45, 2.75) is 57.0 Å². The van der Waals surface area contributed by atoms with Crippen LogP contribution in [-0.4, -0.2) is 57.1 Å². The van der Waals surface area contributed by atoms with Gasteiger partial charge in [0.1, 0.15) is 5.82 Å². The average Bonchev–Trinajstić information content (AvgIpc) is 3.47. The molecule has 3 N–H and O–H groups in total. The molecule has 3 aromatic rings. The lowest BCUT2D eigenvalue weighted by atomic mass is 9.92. The van der Waals surface area contributed by atoms with E-state index in [0.717, 1.165) is 86.6 Å². The molecule has 1 aromatic carbocycles. The van der Waals surface area contributed by atoms with Crippen LogP contribution in [-0.2, 0) is 4.79 Å². The zero-order valence-electron chi connectivity index (χ0n) is 19.6. The second-order valence-corrected chi connectivity index (χ2v) is 9.45. The maximum atomic E-state index is 12.1. The molecule has 1 saturated heterocycles. The Morgan fingerprint density at radius 2 is 1.97 bits per heavy atom. The number of hydrogen-bond donors (Lipinski definition) is 2. The minimum absolute atomic E-state index is 0.261. The van der Waals surface area contributed by atoms with E-state index in [0.29, 0.717) is 18.5 Å². The molecule has 1 saturated carbocycles. The number of nitrogens with zero attached hydrogens (tertiary/aromatic N) is 5. The highest BCUT2D eigenvalue weighted by Gasteiger charge is 2.23. The van der Waals surface area contributed by atoms with Crippen LogP contribution in [0.2, 0.25) is 0 Å². The number of hydrogen-bond acceptors (Lipinski definition) is 6. The largest absolute Gasteiger partial charge is 0.366 e. The molecule has 8 heteroatoms. The molecule has 0 spiro atoms. The number of likely N-dealkylation sites (tertiary alicyclic amines) is 1. The van der Waals surface area contributed by atoms with Gasteiger partial charge in [0.2, 0.25) is 5.91 Å². The fraction of sp³-hybridized carbons (Fsp3) is 0.462. The molecule has 1 aliphatic heterocycles. The molecule has 1 amide bonds. The van der Waals surface area contributed by atoms with E-state index in [1.807, 2.05) is 39.9 Å². The third kappa shape index (κ3) is 5.01. The van der Waals surface area contributed by atoms with Gasteiger partial charge in [0.15, 0.2) is 5.65 Å². The van der Waals surface area contributed by atoms with Gasteiger partial charge < -0.3 is 20.9 Å². The summed E-state index contributed by atoms with van der Waals surface area (Å²) in [6.07, 6.45) is 10.3. The molecule has 0 atom stereocenters. The number of nitrogens with two attached hydrogens (primary N) is 1. The molecule has 178 valence electrons. The van der Waals surface area contributed by atoms with Gasteiger partial charge in [-0.25, -0.2) is 9.50 Å². The van der Waals surface area contributed by atoms with E-state index >= 15 is 0 Å². The first-order valence-corrected chi connectivity index (χ1v) is 12.3. The maximum absolute atomic E-state index is 12.1. The summed E-state index contributed by atoms with van der Waals surface area (Å²) >= 11 is 0. The molecule has 2 radical (unpaired) electrons. The van der Waals surface area contributed by atoms with Crippen molar-refractivity contribution in [3.63, 3.8) is 0 Å². The van der Waals surface area contributed by atoms with Gasteiger partial charge in [-0.3, -0.25) is 4.79 Å². The van der Waals surface area contributed by atoms with Gasteiger partial charge in [-0.15, -0.1) is 5.10 Å². The van der Waals surface area contributed by atoms with Crippen LogP contribution in [0.3, 0.4) is 0 Å². The molecule has 0 unspecified atom stereocenters. The zero-order valence-corrected chi connectivity index (χ0v) is 19.6. The van der Waals surface area contributed by atoms with Crippen LogP contribution >= 0.6 is 0 Å². The molecular formula is C26H33N7O. The molecule has 0 bridgehead atoms. The lowest BCUT2D eigenvalue weighted by molar-refractivity contribution is -0.127. The number of carbonyl (C=O) groups is 1. The van der Waals surface area contributed by atoms with Gasteiger partial charge in [0.25, 0.3) is 0 Å². The normalized spacial score (nSPS) is 20.8. The van der Waals surface area contributed by atoms with Gasteiger partial charge in [-0.2, -0.15) is 0 Å². The van der Waals surface area contributed by atoms with E-state index in [2.05, 4.69) is 21.3 Å². The van der Waals surface area contributed by atoms with Crippen molar-refractivity contribution in [1.29, 1.82) is 0 Å². The molecule has 2 fully saturated rings. The fourth-order valence-electron chi connectivity index (χ4n) is 5.04. The standard InChI is InChI=1S/C26H33N7O/c1-19-5-11-22(12-6-19)32(16-3-15-31-14-2-4-25(31)34)23-18-24(30-33-17-13-28-26(23)33)29-21-9-7-20(27)8-10-21/h1,5-6,11-13,17-18,20-21H,2-4,7-10,14-16,27H2,(H,29,30)/t20-,21-. The topological polar surface area (TPSA) is 91.8 Å². The number of imidazole rings is 1. The summed E-state index contributed by atoms with van der Waals surface area (Å²) < 4.78 is 1.83. The van der Waals surface area contributed by atoms with Gasteiger partial charge in [-0.1, -0.05) is 12.1 Å². The van der Waals surface area contributed by atoms with Crippen molar-refractivity contribution in [2.75, 3.05) is 29.9 Å². The summed E-state index contributed by atoms with van der Waals surface area (Å²) in [4.78, 5) is 20.9. The third-order valence-electron chi connectivity index (χ3n) is 6.94. The maximum Gasteiger partial charge on any atom is 0.222 e. The number of carbonyl (C=O) groups excluding carboxylic acids is 1. The van der Waals surface area contributed by atoms with Crippen LogP contribution in [0, 0.1) is 6.92 Å². The highest BCUT2D eigenvalue weighted by Crippen LogP contribution is 2.32. The molecule has 2 aliphatic rings. The van der Waals surface area contributed by atoms with Crippen LogP contribution in [0.4, 0.5) is 17.2 Å². The van der Waals surface area contributed by atoms with Crippen molar-refractivity contribution in [1.82, 2.24) is 19.5 Å². The molecule has 5 rings (SSSR count). The van der Waals surface area contributed by atoms with Crippen molar-refractivity contribution in [3.05, 3.63) is 55.2 Å². The number of nitrogens with one attached hydrogen (secondary N) is 1. The second kappa shape index (κ2) is 10.0. The van der Waals surface area contributed by atoms with Crippen LogP contribution in [0.15, 0.2) is 42.7 Å². The molecule has 1 aliphatic carbocycles. The molecule has 3 heterocycles. The fourth-order valence-corrected chi connectivity index (χ4v) is 5.04. The predicted molar refractivity (Wildman–Crippen MR) is 134 cm³/mol. The number of amides is 1. The lowest BCUT2D eigenvalue weighted by Gasteiger charge is -2.29. The third-order valence-corrected chi connectivity index (χ3v) is 6.94. The van der Waals surface area contributed by atoms with Crippen LogP contribution in [0.5, 0.6) is 0 Å². The summed E-state index contributed by atoms with van der Waals surface area (Å²) in [6.45, 7) is 8.33. The van der Waals surface area contributed by atoms with E-state index < -0.39 is 0 Å². The summed E-state index contributed by atoms with van der Waals surface area (Å²) in [6, 6.07) is 10.7. The van der Waals surface area contributed by atoms with Crippen molar-refractivity contribution >= 4 is 28.7 Å². The summed E-state index contributed by atoms with van der Waals surface area (Å²) in [5.41, 5.74) is 9.63. The van der Waals surface area contributed by atoms with E-state index in [4.69, 9.17) is 17.8 Å². The average molecular weight is 460 g/mol. The summed E-state index contributed by atoms with van der Waals surface area (Å²) in [7, 11) is 0. The van der Waals surface area contributed by atoms with E-state index in [-0.39, 0.29) is 5.91 Å². The Labute approximate surface area is 201 Å². The quantitative estimate of drug-likeness (QED) is 0.535. The Bertz CT molecular complexity index is 1120. The second-order valence-electron chi connectivity index (χ2n) is 9.45. The monoisotopic (exact) mass is 459 g/mol. The van der Waals surface area contributed by atoms with Crippen molar-refractivity contribution in [3.8, 4) is 0 Å². The molecule has 2 aromatic heterocycles. The predicted octanol–water partition coefficient (Wildman–Crippen LogP) is 3.62. The number of fused-ring (bicyclic) bond motifs is 1. The van der Waals surface area contributed by atoms with Gasteiger partial charge in [-0.05, 0) is 63.1 Å². The smallest absolute Gasteiger partial charge is 0.222 e. The van der Waals surface area contributed by atoms with Gasteiger partial charge in [0.05, 0.1) is 5.69 Å².